The van der Waals surface area contributed by atoms with E-state index in [2.05, 4.69) is 10.3 Å². The maximum absolute atomic E-state index is 13.4. The molecule has 0 amide bonds. The number of halogens is 3. The van der Waals surface area contributed by atoms with Crippen LogP contribution in [0.15, 0.2) is 18.5 Å². The molecule has 1 fully saturated rings. The molecule has 1 aliphatic rings. The van der Waals surface area contributed by atoms with E-state index in [4.69, 9.17) is 5.73 Å². The molecule has 2 rings (SSSR count). The molecule has 2 atom stereocenters. The highest BCUT2D eigenvalue weighted by atomic mass is 35.5. The van der Waals surface area contributed by atoms with Crippen LogP contribution in [0, 0.1) is 5.82 Å². The van der Waals surface area contributed by atoms with Gasteiger partial charge in [0.25, 0.3) is 0 Å². The first-order valence-electron chi connectivity index (χ1n) is 4.86. The van der Waals surface area contributed by atoms with E-state index in [9.17, 15) is 4.39 Å². The van der Waals surface area contributed by atoms with Gasteiger partial charge in [0.05, 0.1) is 6.20 Å². The second kappa shape index (κ2) is 7.01. The molecular formula is C10H16Cl2FN3. The average molecular weight is 268 g/mol. The van der Waals surface area contributed by atoms with E-state index in [-0.39, 0.29) is 42.7 Å². The van der Waals surface area contributed by atoms with Gasteiger partial charge in [-0.1, -0.05) is 0 Å². The van der Waals surface area contributed by atoms with Crippen LogP contribution in [0.25, 0.3) is 0 Å². The maximum atomic E-state index is 13.4. The van der Waals surface area contributed by atoms with Crippen molar-refractivity contribution in [3.8, 4) is 0 Å². The molecule has 2 heterocycles. The fourth-order valence-electron chi connectivity index (χ4n) is 1.85. The summed E-state index contributed by atoms with van der Waals surface area (Å²) in [4.78, 5) is 3.72. The predicted molar refractivity (Wildman–Crippen MR) is 66.6 cm³/mol. The van der Waals surface area contributed by atoms with Crippen molar-refractivity contribution in [2.75, 3.05) is 6.54 Å². The highest BCUT2D eigenvalue weighted by Crippen LogP contribution is 2.23. The van der Waals surface area contributed by atoms with Crippen LogP contribution < -0.4 is 11.1 Å². The van der Waals surface area contributed by atoms with Crippen LogP contribution in [0.4, 0.5) is 4.39 Å². The summed E-state index contributed by atoms with van der Waals surface area (Å²) in [6.07, 6.45) is 4.61. The van der Waals surface area contributed by atoms with Crippen molar-refractivity contribution in [1.82, 2.24) is 10.3 Å². The van der Waals surface area contributed by atoms with Gasteiger partial charge in [-0.25, -0.2) is 4.39 Å². The van der Waals surface area contributed by atoms with Gasteiger partial charge in [0.15, 0.2) is 0 Å². The van der Waals surface area contributed by atoms with Crippen molar-refractivity contribution in [3.05, 3.63) is 29.8 Å². The van der Waals surface area contributed by atoms with Gasteiger partial charge < -0.3 is 11.1 Å². The summed E-state index contributed by atoms with van der Waals surface area (Å²) in [7, 11) is 0. The number of hydrogen-bond donors (Lipinski definition) is 2. The summed E-state index contributed by atoms with van der Waals surface area (Å²) >= 11 is 0. The van der Waals surface area contributed by atoms with Crippen molar-refractivity contribution in [2.45, 2.75) is 24.9 Å². The Labute approximate surface area is 107 Å². The second-order valence-corrected chi connectivity index (χ2v) is 3.69. The van der Waals surface area contributed by atoms with E-state index in [1.165, 1.54) is 6.20 Å². The summed E-state index contributed by atoms with van der Waals surface area (Å²) in [5.74, 6) is -0.251. The Morgan fingerprint density at radius 3 is 2.81 bits per heavy atom. The van der Waals surface area contributed by atoms with Crippen LogP contribution in [-0.4, -0.2) is 17.6 Å². The van der Waals surface area contributed by atoms with Gasteiger partial charge >= 0.3 is 0 Å². The fraction of sp³-hybridized carbons (Fsp3) is 0.500. The van der Waals surface area contributed by atoms with Crippen molar-refractivity contribution in [3.63, 3.8) is 0 Å². The average Bonchev–Trinajstić information content (AvgIpc) is 2.18. The van der Waals surface area contributed by atoms with E-state index >= 15 is 0 Å². The minimum absolute atomic E-state index is 0. The summed E-state index contributed by atoms with van der Waals surface area (Å²) in [5.41, 5.74) is 6.51. The molecule has 0 bridgehead atoms. The molecular weight excluding hydrogens is 252 g/mol. The molecule has 0 saturated carbocycles. The Hall–Kier alpha value is -0.420. The van der Waals surface area contributed by atoms with Gasteiger partial charge in [-0.3, -0.25) is 4.98 Å². The number of aromatic nitrogens is 1. The van der Waals surface area contributed by atoms with Crippen LogP contribution in [0.5, 0.6) is 0 Å². The van der Waals surface area contributed by atoms with Gasteiger partial charge in [-0.05, 0) is 25.5 Å². The number of hydrogen-bond acceptors (Lipinski definition) is 3. The molecule has 1 saturated heterocycles. The third kappa shape index (κ3) is 3.56. The lowest BCUT2D eigenvalue weighted by atomic mass is 9.95. The summed E-state index contributed by atoms with van der Waals surface area (Å²) in [6.45, 7) is 0.855. The fourth-order valence-corrected chi connectivity index (χ4v) is 1.85. The maximum Gasteiger partial charge on any atom is 0.146 e. The predicted octanol–water partition coefficient (Wildman–Crippen LogP) is 1.82. The monoisotopic (exact) mass is 267 g/mol. The lowest BCUT2D eigenvalue weighted by molar-refractivity contribution is 0.360. The molecule has 3 nitrogen and oxygen atoms in total. The smallest absolute Gasteiger partial charge is 0.146 e. The Balaban J connectivity index is 0.00000112. The third-order valence-electron chi connectivity index (χ3n) is 2.62. The van der Waals surface area contributed by atoms with Crippen LogP contribution in [-0.2, 0) is 0 Å². The van der Waals surface area contributed by atoms with Crippen LogP contribution in [0.2, 0.25) is 0 Å². The van der Waals surface area contributed by atoms with E-state index in [1.807, 2.05) is 0 Å². The quantitative estimate of drug-likeness (QED) is 0.816. The Kier molecular flexibility index (Phi) is 6.83. The molecule has 0 radical (unpaired) electrons. The molecule has 0 aliphatic carbocycles. The number of pyridine rings is 1. The molecule has 0 aromatic carbocycles. The van der Waals surface area contributed by atoms with Gasteiger partial charge in [0.2, 0.25) is 0 Å². The van der Waals surface area contributed by atoms with Crippen molar-refractivity contribution >= 4 is 24.8 Å². The Morgan fingerprint density at radius 1 is 1.44 bits per heavy atom. The third-order valence-corrected chi connectivity index (χ3v) is 2.62. The largest absolute Gasteiger partial charge is 0.328 e. The van der Waals surface area contributed by atoms with Crippen LogP contribution in [0.1, 0.15) is 24.4 Å². The number of nitrogens with zero attached hydrogens (tertiary/aromatic N) is 1. The highest BCUT2D eigenvalue weighted by Gasteiger charge is 2.22. The molecule has 92 valence electrons. The van der Waals surface area contributed by atoms with Gasteiger partial charge in [-0.2, -0.15) is 0 Å². The van der Waals surface area contributed by atoms with E-state index < -0.39 is 0 Å². The van der Waals surface area contributed by atoms with Crippen LogP contribution in [0.3, 0.4) is 0 Å². The van der Waals surface area contributed by atoms with E-state index in [0.717, 1.165) is 19.4 Å². The first-order chi connectivity index (χ1) is 6.77. The van der Waals surface area contributed by atoms with Crippen molar-refractivity contribution < 1.29 is 4.39 Å². The van der Waals surface area contributed by atoms with Crippen LogP contribution >= 0.6 is 24.8 Å². The molecule has 2 unspecified atom stereocenters. The molecule has 1 aromatic rings. The minimum atomic E-state index is -0.251. The standard InChI is InChI=1S/C10H14FN3.2ClH/c11-9-6-13-3-2-8(9)10-5-7(12)1-4-14-10;;/h2-3,6-7,10,14H,1,4-5,12H2;2*1H. The molecule has 16 heavy (non-hydrogen) atoms. The molecule has 1 aliphatic heterocycles. The zero-order chi connectivity index (χ0) is 9.97. The number of piperidine rings is 1. The lowest BCUT2D eigenvalue weighted by Gasteiger charge is -2.28. The zero-order valence-corrected chi connectivity index (χ0v) is 10.4. The zero-order valence-electron chi connectivity index (χ0n) is 8.73. The summed E-state index contributed by atoms with van der Waals surface area (Å²) < 4.78 is 13.4. The molecule has 1 aromatic heterocycles. The first kappa shape index (κ1) is 15.6. The summed E-state index contributed by atoms with van der Waals surface area (Å²) in [5, 5.41) is 3.26. The summed E-state index contributed by atoms with van der Waals surface area (Å²) in [6, 6.07) is 1.93. The lowest BCUT2D eigenvalue weighted by Crippen LogP contribution is -2.38. The number of rotatable bonds is 1. The molecule has 6 heteroatoms. The normalized spacial score (nSPS) is 24.1. The van der Waals surface area contributed by atoms with Crippen molar-refractivity contribution in [1.29, 1.82) is 0 Å². The first-order valence-corrected chi connectivity index (χ1v) is 4.86. The Morgan fingerprint density at radius 2 is 2.19 bits per heavy atom. The Bertz CT molecular complexity index is 325. The number of nitrogens with one attached hydrogen (secondary N) is 1. The number of nitrogens with two attached hydrogens (primary N) is 1. The SMILES string of the molecule is Cl.Cl.NC1CCNC(c2ccncc2F)C1. The van der Waals surface area contributed by atoms with E-state index in [1.54, 1.807) is 12.3 Å². The van der Waals surface area contributed by atoms with E-state index in [0.29, 0.717) is 5.56 Å². The van der Waals surface area contributed by atoms with Gasteiger partial charge in [-0.15, -0.1) is 24.8 Å². The second-order valence-electron chi connectivity index (χ2n) is 3.69. The highest BCUT2D eigenvalue weighted by molar-refractivity contribution is 5.85. The minimum Gasteiger partial charge on any atom is -0.328 e. The molecule has 3 N–H and O–H groups in total. The van der Waals surface area contributed by atoms with Crippen molar-refractivity contribution in [2.24, 2.45) is 5.73 Å². The topological polar surface area (TPSA) is 50.9 Å². The molecule has 0 spiro atoms. The van der Waals surface area contributed by atoms with Gasteiger partial charge in [0.1, 0.15) is 5.82 Å². The van der Waals surface area contributed by atoms with Gasteiger partial charge in [0, 0.05) is 23.8 Å².